The molecule has 3 nitrogen and oxygen atoms in total. The van der Waals surface area contributed by atoms with Gasteiger partial charge in [0, 0.05) is 13.0 Å². The topological polar surface area (TPSA) is 32.3 Å². The van der Waals surface area contributed by atoms with Crippen molar-refractivity contribution in [3.63, 3.8) is 0 Å². The van der Waals surface area contributed by atoms with E-state index in [1.807, 2.05) is 27.7 Å². The lowest BCUT2D eigenvalue weighted by Crippen LogP contribution is -2.45. The number of halogens is 3. The zero-order chi connectivity index (χ0) is 14.8. The van der Waals surface area contributed by atoms with Crippen LogP contribution in [0.5, 0.6) is 0 Å². The summed E-state index contributed by atoms with van der Waals surface area (Å²) in [5.74, 6) is 0.0825. The fraction of sp³-hybridized carbons (Fsp3) is 0.923. The molecule has 0 bridgehead atoms. The average molecular weight is 280 g/mol. The third kappa shape index (κ3) is 3.84. The molecule has 1 aliphatic heterocycles. The number of carbonyl (C=O) groups excluding carboxylic acids is 1. The predicted molar refractivity (Wildman–Crippen MR) is 67.5 cm³/mol. The Hall–Kier alpha value is -0.780. The van der Waals surface area contributed by atoms with Crippen molar-refractivity contribution in [2.75, 3.05) is 6.54 Å². The number of nitrogens with one attached hydrogen (secondary N) is 1. The molecule has 0 aromatic rings. The van der Waals surface area contributed by atoms with Crippen LogP contribution in [-0.4, -0.2) is 35.2 Å². The van der Waals surface area contributed by atoms with Gasteiger partial charge in [0.1, 0.15) is 0 Å². The van der Waals surface area contributed by atoms with E-state index < -0.39 is 18.1 Å². The van der Waals surface area contributed by atoms with Gasteiger partial charge in [-0.25, -0.2) is 0 Å². The van der Waals surface area contributed by atoms with E-state index in [0.717, 1.165) is 0 Å². The van der Waals surface area contributed by atoms with E-state index in [9.17, 15) is 18.0 Å². The number of hydrogen-bond donors (Lipinski definition) is 1. The van der Waals surface area contributed by atoms with Crippen molar-refractivity contribution >= 4 is 5.91 Å². The van der Waals surface area contributed by atoms with E-state index in [1.165, 1.54) is 0 Å². The molecule has 0 aromatic heterocycles. The Morgan fingerprint density at radius 2 is 2.00 bits per heavy atom. The van der Waals surface area contributed by atoms with Crippen molar-refractivity contribution in [2.24, 2.45) is 5.92 Å². The van der Waals surface area contributed by atoms with Crippen LogP contribution in [0.15, 0.2) is 0 Å². The molecule has 6 heteroatoms. The van der Waals surface area contributed by atoms with Crippen LogP contribution < -0.4 is 5.32 Å². The van der Waals surface area contributed by atoms with Crippen molar-refractivity contribution in [3.8, 4) is 0 Å². The predicted octanol–water partition coefficient (Wildman–Crippen LogP) is 2.91. The second-order valence-electron chi connectivity index (χ2n) is 5.74. The fourth-order valence-corrected chi connectivity index (χ4v) is 2.38. The highest BCUT2D eigenvalue weighted by molar-refractivity contribution is 5.88. The minimum absolute atomic E-state index is 0.0417. The number of hydrogen-bond acceptors (Lipinski definition) is 2. The average Bonchev–Trinajstić information content (AvgIpc) is 2.53. The monoisotopic (exact) mass is 280 g/mol. The van der Waals surface area contributed by atoms with E-state index in [-0.39, 0.29) is 31.0 Å². The SMILES string of the molecule is CCC1(C)NC(C(C)C)N(CCCC(F)(F)F)C1=O. The Morgan fingerprint density at radius 1 is 1.42 bits per heavy atom. The molecule has 0 aliphatic carbocycles. The fourth-order valence-electron chi connectivity index (χ4n) is 2.38. The van der Waals surface area contributed by atoms with Crippen LogP contribution in [0.4, 0.5) is 13.2 Å². The lowest BCUT2D eigenvalue weighted by molar-refractivity contribution is -0.141. The van der Waals surface area contributed by atoms with E-state index in [0.29, 0.717) is 6.42 Å². The van der Waals surface area contributed by atoms with Crippen LogP contribution >= 0.6 is 0 Å². The van der Waals surface area contributed by atoms with Gasteiger partial charge < -0.3 is 4.90 Å². The third-order valence-corrected chi connectivity index (χ3v) is 3.73. The van der Waals surface area contributed by atoms with Crippen molar-refractivity contribution in [2.45, 2.75) is 64.8 Å². The summed E-state index contributed by atoms with van der Waals surface area (Å²) < 4.78 is 36.5. The van der Waals surface area contributed by atoms with Gasteiger partial charge in [-0.1, -0.05) is 20.8 Å². The summed E-state index contributed by atoms with van der Waals surface area (Å²) in [5, 5.41) is 3.26. The molecule has 1 saturated heterocycles. The highest BCUT2D eigenvalue weighted by atomic mass is 19.4. The molecule has 1 heterocycles. The molecule has 1 N–H and O–H groups in total. The molecular formula is C13H23F3N2O. The summed E-state index contributed by atoms with van der Waals surface area (Å²) >= 11 is 0. The molecule has 2 atom stereocenters. The first kappa shape index (κ1) is 16.3. The Labute approximate surface area is 112 Å². The smallest absolute Gasteiger partial charge is 0.325 e. The highest BCUT2D eigenvalue weighted by Crippen LogP contribution is 2.28. The van der Waals surface area contributed by atoms with Gasteiger partial charge >= 0.3 is 6.18 Å². The summed E-state index contributed by atoms with van der Waals surface area (Å²) in [5.41, 5.74) is -0.646. The van der Waals surface area contributed by atoms with Gasteiger partial charge in [0.25, 0.3) is 0 Å². The van der Waals surface area contributed by atoms with Gasteiger partial charge in [-0.2, -0.15) is 13.2 Å². The Kier molecular flexibility index (Phi) is 4.87. The number of alkyl halides is 3. The maximum Gasteiger partial charge on any atom is 0.389 e. The van der Waals surface area contributed by atoms with Crippen LogP contribution in [0.25, 0.3) is 0 Å². The number of carbonyl (C=O) groups is 1. The third-order valence-electron chi connectivity index (χ3n) is 3.73. The summed E-state index contributed by atoms with van der Waals surface area (Å²) in [4.78, 5) is 13.9. The lowest BCUT2D eigenvalue weighted by atomic mass is 9.99. The standard InChI is InChI=1S/C13H23F3N2O/c1-5-12(4)11(19)18(10(17-12)9(2)3)8-6-7-13(14,15)16/h9-10,17H,5-8H2,1-4H3. The van der Waals surface area contributed by atoms with Crippen LogP contribution in [-0.2, 0) is 4.79 Å². The molecule has 2 unspecified atom stereocenters. The molecule has 1 rings (SSSR count). The van der Waals surface area contributed by atoms with Crippen LogP contribution in [0.2, 0.25) is 0 Å². The van der Waals surface area contributed by atoms with Crippen molar-refractivity contribution in [3.05, 3.63) is 0 Å². The quantitative estimate of drug-likeness (QED) is 0.840. The Morgan fingerprint density at radius 3 is 2.42 bits per heavy atom. The number of amides is 1. The number of nitrogens with zero attached hydrogens (tertiary/aromatic N) is 1. The van der Waals surface area contributed by atoms with Crippen LogP contribution in [0.1, 0.15) is 47.0 Å². The normalized spacial score (nSPS) is 28.5. The zero-order valence-electron chi connectivity index (χ0n) is 12.0. The van der Waals surface area contributed by atoms with Gasteiger partial charge in [-0.3, -0.25) is 10.1 Å². The van der Waals surface area contributed by atoms with Gasteiger partial charge in [0.15, 0.2) is 0 Å². The largest absolute Gasteiger partial charge is 0.389 e. The lowest BCUT2D eigenvalue weighted by Gasteiger charge is -2.27. The second kappa shape index (κ2) is 5.69. The van der Waals surface area contributed by atoms with E-state index in [1.54, 1.807) is 4.90 Å². The molecule has 19 heavy (non-hydrogen) atoms. The molecule has 1 aliphatic rings. The molecular weight excluding hydrogens is 257 g/mol. The van der Waals surface area contributed by atoms with Gasteiger partial charge in [-0.15, -0.1) is 0 Å². The van der Waals surface area contributed by atoms with E-state index in [4.69, 9.17) is 0 Å². The molecule has 0 saturated carbocycles. The summed E-state index contributed by atoms with van der Waals surface area (Å²) in [6, 6.07) is 0. The van der Waals surface area contributed by atoms with Crippen LogP contribution in [0, 0.1) is 5.92 Å². The summed E-state index contributed by atoms with van der Waals surface area (Å²) in [6.45, 7) is 7.80. The Balaban J connectivity index is 2.70. The van der Waals surface area contributed by atoms with Crippen molar-refractivity contribution in [1.82, 2.24) is 10.2 Å². The summed E-state index contributed by atoms with van der Waals surface area (Å²) in [6.07, 6.45) is -4.59. The number of rotatable bonds is 5. The zero-order valence-corrected chi connectivity index (χ0v) is 12.0. The van der Waals surface area contributed by atoms with Gasteiger partial charge in [0.05, 0.1) is 11.7 Å². The Bertz CT molecular complexity index is 330. The maximum absolute atomic E-state index is 12.3. The molecule has 0 spiro atoms. The second-order valence-corrected chi connectivity index (χ2v) is 5.74. The van der Waals surface area contributed by atoms with Crippen molar-refractivity contribution < 1.29 is 18.0 Å². The summed E-state index contributed by atoms with van der Waals surface area (Å²) in [7, 11) is 0. The van der Waals surface area contributed by atoms with Gasteiger partial charge in [0.2, 0.25) is 5.91 Å². The molecule has 1 amide bonds. The van der Waals surface area contributed by atoms with Crippen LogP contribution in [0.3, 0.4) is 0 Å². The highest BCUT2D eigenvalue weighted by Gasteiger charge is 2.47. The van der Waals surface area contributed by atoms with Gasteiger partial charge in [-0.05, 0) is 25.7 Å². The van der Waals surface area contributed by atoms with E-state index >= 15 is 0 Å². The van der Waals surface area contributed by atoms with Crippen molar-refractivity contribution in [1.29, 1.82) is 0 Å². The molecule has 112 valence electrons. The van der Waals surface area contributed by atoms with E-state index in [2.05, 4.69) is 5.32 Å². The first-order valence-electron chi connectivity index (χ1n) is 6.76. The minimum Gasteiger partial charge on any atom is -0.325 e. The first-order chi connectivity index (χ1) is 8.60. The first-order valence-corrected chi connectivity index (χ1v) is 6.76. The molecule has 1 fully saturated rings. The minimum atomic E-state index is -4.16. The molecule has 0 radical (unpaired) electrons. The molecule has 0 aromatic carbocycles. The maximum atomic E-state index is 12.3.